The summed E-state index contributed by atoms with van der Waals surface area (Å²) in [6.07, 6.45) is 2.22. The predicted octanol–water partition coefficient (Wildman–Crippen LogP) is 4.31. The first-order valence-corrected chi connectivity index (χ1v) is 13.3. The van der Waals surface area contributed by atoms with E-state index in [0.29, 0.717) is 36.7 Å². The number of fused-ring (bicyclic) bond motifs is 3. The second-order valence-electron chi connectivity index (χ2n) is 10.5. The van der Waals surface area contributed by atoms with Crippen LogP contribution in [0.2, 0.25) is 5.02 Å². The third kappa shape index (κ3) is 4.32. The number of pyridine rings is 1. The van der Waals surface area contributed by atoms with E-state index in [1.165, 1.54) is 33.7 Å². The number of anilines is 1. The van der Waals surface area contributed by atoms with Crippen molar-refractivity contribution in [2.45, 2.75) is 43.7 Å². The van der Waals surface area contributed by atoms with Gasteiger partial charge >= 0.3 is 6.09 Å². The maximum atomic E-state index is 15.4. The van der Waals surface area contributed by atoms with Crippen molar-refractivity contribution in [1.29, 1.82) is 0 Å². The van der Waals surface area contributed by atoms with Crippen LogP contribution < -0.4 is 16.6 Å². The molecule has 1 aromatic heterocycles. The Balaban J connectivity index is 1.45. The fourth-order valence-electron chi connectivity index (χ4n) is 5.98. The number of benzene rings is 2. The summed E-state index contributed by atoms with van der Waals surface area (Å²) >= 11 is 6.09. The molecule has 3 N–H and O–H groups in total. The molecule has 2 fully saturated rings. The number of hydrogen-bond donors (Lipinski definition) is 2. The van der Waals surface area contributed by atoms with Crippen LogP contribution >= 0.6 is 11.6 Å². The van der Waals surface area contributed by atoms with Crippen molar-refractivity contribution in [3.8, 4) is 0 Å². The lowest BCUT2D eigenvalue weighted by atomic mass is 9.82. The van der Waals surface area contributed by atoms with Crippen molar-refractivity contribution < 1.29 is 23.5 Å². The first-order chi connectivity index (χ1) is 18.7. The van der Waals surface area contributed by atoms with Gasteiger partial charge in [0, 0.05) is 12.6 Å². The van der Waals surface area contributed by atoms with E-state index in [1.807, 2.05) is 0 Å². The van der Waals surface area contributed by atoms with Crippen molar-refractivity contribution in [3.63, 3.8) is 0 Å². The van der Waals surface area contributed by atoms with Crippen molar-refractivity contribution in [2.24, 2.45) is 11.7 Å². The number of rotatable bonds is 5. The summed E-state index contributed by atoms with van der Waals surface area (Å²) in [4.78, 5) is 53.9. The van der Waals surface area contributed by atoms with E-state index in [9.17, 15) is 19.2 Å². The minimum Gasteiger partial charge on any atom is -0.436 e. The summed E-state index contributed by atoms with van der Waals surface area (Å²) in [6.45, 7) is 0.222. The summed E-state index contributed by atoms with van der Waals surface area (Å²) in [6, 6.07) is 9.89. The number of aromatic nitrogens is 1. The molecule has 3 aromatic rings. The predicted molar refractivity (Wildman–Crippen MR) is 142 cm³/mol. The molecule has 2 aromatic carbocycles. The number of halogens is 2. The third-order valence-electron chi connectivity index (χ3n) is 7.91. The Labute approximate surface area is 227 Å². The van der Waals surface area contributed by atoms with Crippen LogP contribution in [-0.2, 0) is 15.1 Å². The molecule has 1 saturated heterocycles. The van der Waals surface area contributed by atoms with Crippen LogP contribution in [0.5, 0.6) is 0 Å². The van der Waals surface area contributed by atoms with E-state index in [-0.39, 0.29) is 40.2 Å². The first kappa shape index (κ1) is 25.4. The molecule has 0 bridgehead atoms. The number of para-hydroxylation sites is 1. The van der Waals surface area contributed by atoms with Gasteiger partial charge in [-0.15, -0.1) is 0 Å². The number of carbonyl (C=O) groups excluding carboxylic acids is 3. The second kappa shape index (κ2) is 9.37. The van der Waals surface area contributed by atoms with E-state index in [1.54, 1.807) is 18.2 Å². The number of ether oxygens (including phenoxy) is 1. The lowest BCUT2D eigenvalue weighted by Gasteiger charge is -2.45. The molecule has 202 valence electrons. The molecule has 1 spiro atoms. The average Bonchev–Trinajstić information content (AvgIpc) is 3.73. The summed E-state index contributed by atoms with van der Waals surface area (Å²) in [5.74, 6) is -1.54. The number of amides is 3. The summed E-state index contributed by atoms with van der Waals surface area (Å²) < 4.78 is 22.4. The Morgan fingerprint density at radius 1 is 1.18 bits per heavy atom. The van der Waals surface area contributed by atoms with Crippen LogP contribution in [0.1, 0.15) is 54.1 Å². The molecule has 6 rings (SSSR count). The van der Waals surface area contributed by atoms with E-state index in [4.69, 9.17) is 22.1 Å². The van der Waals surface area contributed by atoms with Crippen LogP contribution in [0.4, 0.5) is 14.9 Å². The number of primary amides is 1. The van der Waals surface area contributed by atoms with Gasteiger partial charge in [-0.3, -0.25) is 24.3 Å². The molecule has 3 heterocycles. The van der Waals surface area contributed by atoms with Crippen LogP contribution in [0, 0.1) is 11.7 Å². The molecular formula is C28H26ClFN4O5. The summed E-state index contributed by atoms with van der Waals surface area (Å²) in [5.41, 5.74) is 4.58. The Bertz CT molecular complexity index is 1600. The summed E-state index contributed by atoms with van der Waals surface area (Å²) in [5, 5.41) is 3.00. The molecule has 1 aliphatic carbocycles. The fourth-order valence-corrected chi connectivity index (χ4v) is 6.14. The number of hydrogen-bond acceptors (Lipinski definition) is 5. The summed E-state index contributed by atoms with van der Waals surface area (Å²) in [7, 11) is 0. The number of nitrogens with one attached hydrogen (secondary N) is 1. The highest BCUT2D eigenvalue weighted by molar-refractivity contribution is 6.31. The average molecular weight is 553 g/mol. The Morgan fingerprint density at radius 3 is 2.72 bits per heavy atom. The molecule has 11 heteroatoms. The fraction of sp³-hybridized carbons (Fsp3) is 0.357. The van der Waals surface area contributed by atoms with Crippen molar-refractivity contribution in [3.05, 3.63) is 74.8 Å². The first-order valence-electron chi connectivity index (χ1n) is 12.9. The van der Waals surface area contributed by atoms with Crippen molar-refractivity contribution in [2.75, 3.05) is 18.4 Å². The van der Waals surface area contributed by atoms with Gasteiger partial charge in [-0.2, -0.15) is 0 Å². The van der Waals surface area contributed by atoms with Crippen molar-refractivity contribution in [1.82, 2.24) is 9.47 Å². The maximum absolute atomic E-state index is 15.4. The van der Waals surface area contributed by atoms with Crippen LogP contribution in [0.25, 0.3) is 10.9 Å². The van der Waals surface area contributed by atoms with E-state index < -0.39 is 35.0 Å². The second-order valence-corrected chi connectivity index (χ2v) is 10.9. The normalized spacial score (nSPS) is 21.3. The highest BCUT2D eigenvalue weighted by atomic mass is 35.5. The monoisotopic (exact) mass is 552 g/mol. The van der Waals surface area contributed by atoms with Gasteiger partial charge in [-0.1, -0.05) is 36.6 Å². The van der Waals surface area contributed by atoms with Gasteiger partial charge in [0.2, 0.25) is 5.91 Å². The molecule has 0 radical (unpaired) electrons. The SMILES string of the molecule is NC(=O)c1cccc2ccc(=O)n([C@@H](CC3CC3)C(=O)N3CCC[C@@]4(C3)OC(=O)Nc3ccc(Cl)c(F)c34)c12. The number of piperidine rings is 1. The Kier molecular flexibility index (Phi) is 6.10. The van der Waals surface area contributed by atoms with Gasteiger partial charge in [-0.25, -0.2) is 9.18 Å². The number of carbonyl (C=O) groups is 3. The highest BCUT2D eigenvalue weighted by Gasteiger charge is 2.49. The van der Waals surface area contributed by atoms with Gasteiger partial charge in [0.25, 0.3) is 11.5 Å². The molecule has 1 saturated carbocycles. The molecule has 3 amide bonds. The molecule has 0 unspecified atom stereocenters. The standard InChI is InChI=1S/C28H26ClFN4O5/c29-18-8-9-19-22(23(18)30)28(39-27(38)32-19)11-2-12-33(14-28)26(37)20(13-15-5-6-15)34-21(35)10-7-16-3-1-4-17(24(16)34)25(31)36/h1,3-4,7-10,15,20H,2,5-6,11-14H2,(H2,31,36)(H,32,38)/t20-,28-/m0/s1. The van der Waals surface area contributed by atoms with Gasteiger partial charge in [0.15, 0.2) is 11.4 Å². The minimum atomic E-state index is -1.44. The number of nitrogens with zero attached hydrogens (tertiary/aromatic N) is 2. The molecule has 39 heavy (non-hydrogen) atoms. The molecule has 2 atom stereocenters. The van der Waals surface area contributed by atoms with Crippen LogP contribution in [-0.4, -0.2) is 40.5 Å². The van der Waals surface area contributed by atoms with Gasteiger partial charge in [0.1, 0.15) is 6.04 Å². The topological polar surface area (TPSA) is 124 Å². The van der Waals surface area contributed by atoms with Gasteiger partial charge in [0.05, 0.1) is 33.9 Å². The lowest BCUT2D eigenvalue weighted by Crippen LogP contribution is -2.55. The zero-order valence-corrected chi connectivity index (χ0v) is 21.7. The highest BCUT2D eigenvalue weighted by Crippen LogP contribution is 2.46. The number of likely N-dealkylation sites (tertiary alicyclic amines) is 1. The van der Waals surface area contributed by atoms with Crippen molar-refractivity contribution >= 4 is 46.1 Å². The van der Waals surface area contributed by atoms with E-state index >= 15 is 4.39 Å². The molecule has 9 nitrogen and oxygen atoms in total. The molecular weight excluding hydrogens is 527 g/mol. The molecule has 2 aliphatic heterocycles. The van der Waals surface area contributed by atoms with Crippen LogP contribution in [0.3, 0.4) is 0 Å². The Hall–Kier alpha value is -3.92. The minimum absolute atomic E-state index is 0.101. The van der Waals surface area contributed by atoms with Crippen LogP contribution in [0.15, 0.2) is 47.3 Å². The quantitative estimate of drug-likeness (QED) is 0.488. The van der Waals surface area contributed by atoms with Gasteiger partial charge in [-0.05, 0) is 54.8 Å². The lowest BCUT2D eigenvalue weighted by molar-refractivity contribution is -0.143. The zero-order valence-electron chi connectivity index (χ0n) is 20.9. The zero-order chi connectivity index (χ0) is 27.5. The van der Waals surface area contributed by atoms with Gasteiger partial charge < -0.3 is 15.4 Å². The smallest absolute Gasteiger partial charge is 0.412 e. The number of nitrogens with two attached hydrogens (primary N) is 1. The third-order valence-corrected chi connectivity index (χ3v) is 8.20. The van der Waals surface area contributed by atoms with E-state index in [2.05, 4.69) is 5.32 Å². The largest absolute Gasteiger partial charge is 0.436 e. The molecule has 3 aliphatic rings. The van der Waals surface area contributed by atoms with E-state index in [0.717, 1.165) is 12.8 Å². The Morgan fingerprint density at radius 2 is 1.97 bits per heavy atom. The maximum Gasteiger partial charge on any atom is 0.412 e.